The molecule has 10 heavy (non-hydrogen) atoms. The van der Waals surface area contributed by atoms with Crippen molar-refractivity contribution in [3.63, 3.8) is 0 Å². The maximum absolute atomic E-state index is 11.3. The highest BCUT2D eigenvalue weighted by molar-refractivity contribution is 7.98. The second-order valence-corrected chi connectivity index (χ2v) is 2.39. The SMILES string of the molecule is COCCNSC(F)(F)F. The molecule has 0 unspecified atom stereocenters. The van der Waals surface area contributed by atoms with Crippen molar-refractivity contribution in [3.05, 3.63) is 0 Å². The van der Waals surface area contributed by atoms with Gasteiger partial charge in [-0.2, -0.15) is 13.2 Å². The molecule has 2 nitrogen and oxygen atoms in total. The maximum atomic E-state index is 11.3. The van der Waals surface area contributed by atoms with E-state index in [1.54, 1.807) is 0 Å². The number of hydrogen-bond acceptors (Lipinski definition) is 3. The van der Waals surface area contributed by atoms with Crippen molar-refractivity contribution in [3.8, 4) is 0 Å². The van der Waals surface area contributed by atoms with Crippen LogP contribution < -0.4 is 4.72 Å². The fourth-order valence-corrected chi connectivity index (χ4v) is 0.626. The summed E-state index contributed by atoms with van der Waals surface area (Å²) in [5.41, 5.74) is -4.20. The Morgan fingerprint density at radius 2 is 2.10 bits per heavy atom. The Bertz CT molecular complexity index is 87.1. The van der Waals surface area contributed by atoms with Crippen LogP contribution in [0.25, 0.3) is 0 Å². The molecule has 0 heterocycles. The molecule has 0 aliphatic carbocycles. The third-order valence-corrected chi connectivity index (χ3v) is 1.18. The summed E-state index contributed by atoms with van der Waals surface area (Å²) in [6.45, 7) is 0.476. The molecule has 0 saturated heterocycles. The van der Waals surface area contributed by atoms with E-state index in [1.807, 2.05) is 0 Å². The molecular formula is C4H8F3NOS. The number of hydrogen-bond donors (Lipinski definition) is 1. The first kappa shape index (κ1) is 10.1. The van der Waals surface area contributed by atoms with Crippen LogP contribution in [0.4, 0.5) is 13.2 Å². The molecule has 0 radical (unpaired) electrons. The summed E-state index contributed by atoms with van der Waals surface area (Å²) in [4.78, 5) is 0. The number of nitrogens with one attached hydrogen (secondary N) is 1. The van der Waals surface area contributed by atoms with Crippen molar-refractivity contribution in [2.75, 3.05) is 20.3 Å². The van der Waals surface area contributed by atoms with Crippen LogP contribution >= 0.6 is 11.9 Å². The van der Waals surface area contributed by atoms with Crippen LogP contribution in [0, 0.1) is 0 Å². The third kappa shape index (κ3) is 8.06. The molecule has 0 aliphatic heterocycles. The monoisotopic (exact) mass is 175 g/mol. The Morgan fingerprint density at radius 3 is 2.50 bits per heavy atom. The minimum atomic E-state index is -4.20. The Balaban J connectivity index is 3.04. The zero-order valence-corrected chi connectivity index (χ0v) is 6.18. The van der Waals surface area contributed by atoms with Crippen LogP contribution in [0.2, 0.25) is 0 Å². The van der Waals surface area contributed by atoms with Crippen LogP contribution in [0.15, 0.2) is 0 Å². The highest BCUT2D eigenvalue weighted by Gasteiger charge is 2.27. The van der Waals surface area contributed by atoms with Gasteiger partial charge in [0.15, 0.2) is 0 Å². The number of alkyl halides is 3. The zero-order chi connectivity index (χ0) is 8.04. The summed E-state index contributed by atoms with van der Waals surface area (Å²) < 4.78 is 40.6. The maximum Gasteiger partial charge on any atom is 0.456 e. The Hall–Kier alpha value is 0.0600. The first-order chi connectivity index (χ1) is 4.56. The smallest absolute Gasteiger partial charge is 0.383 e. The van der Waals surface area contributed by atoms with E-state index in [4.69, 9.17) is 0 Å². The normalized spacial score (nSPS) is 12.0. The third-order valence-electron chi connectivity index (χ3n) is 0.596. The predicted molar refractivity (Wildman–Crippen MR) is 33.5 cm³/mol. The Labute approximate surface area is 61.3 Å². The molecule has 0 aromatic heterocycles. The summed E-state index contributed by atoms with van der Waals surface area (Å²) in [6.07, 6.45) is 0. The fourth-order valence-electron chi connectivity index (χ4n) is 0.277. The van der Waals surface area contributed by atoms with Gasteiger partial charge < -0.3 is 4.74 Å². The molecular weight excluding hydrogens is 167 g/mol. The van der Waals surface area contributed by atoms with Gasteiger partial charge in [-0.05, 0) is 0 Å². The van der Waals surface area contributed by atoms with Gasteiger partial charge in [0.1, 0.15) is 0 Å². The number of rotatable bonds is 4. The number of methoxy groups -OCH3 is 1. The van der Waals surface area contributed by atoms with Gasteiger partial charge in [-0.1, -0.05) is 0 Å². The van der Waals surface area contributed by atoms with Gasteiger partial charge in [-0.15, -0.1) is 0 Å². The van der Waals surface area contributed by atoms with Crippen molar-refractivity contribution in [2.24, 2.45) is 0 Å². The van der Waals surface area contributed by atoms with Crippen LogP contribution in [0.3, 0.4) is 0 Å². The van der Waals surface area contributed by atoms with Crippen molar-refractivity contribution < 1.29 is 17.9 Å². The van der Waals surface area contributed by atoms with E-state index in [9.17, 15) is 13.2 Å². The van der Waals surface area contributed by atoms with Gasteiger partial charge in [-0.3, -0.25) is 4.72 Å². The van der Waals surface area contributed by atoms with Crippen molar-refractivity contribution in [2.45, 2.75) is 5.51 Å². The van der Waals surface area contributed by atoms with E-state index in [-0.39, 0.29) is 25.1 Å². The van der Waals surface area contributed by atoms with E-state index >= 15 is 0 Å². The topological polar surface area (TPSA) is 21.3 Å². The van der Waals surface area contributed by atoms with Crippen LogP contribution in [-0.4, -0.2) is 25.8 Å². The van der Waals surface area contributed by atoms with Gasteiger partial charge in [-0.25, -0.2) is 0 Å². The first-order valence-corrected chi connectivity index (χ1v) is 3.34. The van der Waals surface area contributed by atoms with E-state index in [2.05, 4.69) is 9.46 Å². The highest BCUT2D eigenvalue weighted by Crippen LogP contribution is 2.26. The van der Waals surface area contributed by atoms with Gasteiger partial charge in [0.2, 0.25) is 0 Å². The average molecular weight is 175 g/mol. The number of ether oxygens (including phenoxy) is 1. The van der Waals surface area contributed by atoms with Crippen LogP contribution in [0.5, 0.6) is 0 Å². The summed E-state index contributed by atoms with van der Waals surface area (Å²) >= 11 is -0.256. The minimum Gasteiger partial charge on any atom is -0.383 e. The minimum absolute atomic E-state index is 0.195. The number of halogens is 3. The van der Waals surface area contributed by atoms with Crippen molar-refractivity contribution in [1.29, 1.82) is 0 Å². The molecule has 0 bridgehead atoms. The van der Waals surface area contributed by atoms with E-state index in [0.717, 1.165) is 0 Å². The van der Waals surface area contributed by atoms with E-state index < -0.39 is 5.51 Å². The average Bonchev–Trinajstić information content (AvgIpc) is 1.78. The zero-order valence-electron chi connectivity index (χ0n) is 5.36. The molecule has 62 valence electrons. The summed E-state index contributed by atoms with van der Waals surface area (Å²) in [6, 6.07) is 0. The second kappa shape index (κ2) is 4.81. The molecule has 0 fully saturated rings. The van der Waals surface area contributed by atoms with Crippen LogP contribution in [0.1, 0.15) is 0 Å². The lowest BCUT2D eigenvalue weighted by atomic mass is 10.7. The van der Waals surface area contributed by atoms with Gasteiger partial charge in [0, 0.05) is 25.6 Å². The molecule has 0 aliphatic rings. The fraction of sp³-hybridized carbons (Fsp3) is 1.00. The lowest BCUT2D eigenvalue weighted by molar-refractivity contribution is -0.0336. The molecule has 0 aromatic rings. The molecule has 0 spiro atoms. The van der Waals surface area contributed by atoms with Gasteiger partial charge >= 0.3 is 5.51 Å². The molecule has 1 N–H and O–H groups in total. The lowest BCUT2D eigenvalue weighted by Crippen LogP contribution is -2.17. The highest BCUT2D eigenvalue weighted by atomic mass is 32.2. The molecule has 6 heteroatoms. The second-order valence-electron chi connectivity index (χ2n) is 1.43. The summed E-state index contributed by atoms with van der Waals surface area (Å²) in [7, 11) is 1.43. The van der Waals surface area contributed by atoms with E-state index in [1.165, 1.54) is 7.11 Å². The quantitative estimate of drug-likeness (QED) is 0.515. The Kier molecular flexibility index (Phi) is 4.84. The van der Waals surface area contributed by atoms with Crippen molar-refractivity contribution >= 4 is 11.9 Å². The van der Waals surface area contributed by atoms with Crippen molar-refractivity contribution in [1.82, 2.24) is 4.72 Å². The molecule has 0 rings (SSSR count). The molecule has 0 aromatic carbocycles. The Morgan fingerprint density at radius 1 is 1.50 bits per heavy atom. The molecule has 0 atom stereocenters. The lowest BCUT2D eigenvalue weighted by Gasteiger charge is -2.05. The largest absolute Gasteiger partial charge is 0.456 e. The predicted octanol–water partition coefficient (Wildman–Crippen LogP) is 1.39. The first-order valence-electron chi connectivity index (χ1n) is 2.53. The van der Waals surface area contributed by atoms with E-state index in [0.29, 0.717) is 0 Å². The molecule has 0 saturated carbocycles. The summed E-state index contributed by atoms with van der Waals surface area (Å²) in [5.74, 6) is 0. The van der Waals surface area contributed by atoms with Gasteiger partial charge in [0.05, 0.1) is 6.61 Å². The summed E-state index contributed by atoms with van der Waals surface area (Å²) in [5, 5.41) is 0. The van der Waals surface area contributed by atoms with Crippen LogP contribution in [-0.2, 0) is 4.74 Å². The molecule has 0 amide bonds. The standard InChI is InChI=1S/C4H8F3NOS/c1-9-3-2-8-10-4(5,6)7/h8H,2-3H2,1H3. The van der Waals surface area contributed by atoms with Gasteiger partial charge in [0.25, 0.3) is 0 Å².